The monoisotopic (exact) mass is 203 g/mol. The molecular formula is C12H17N3. The molecule has 3 nitrogen and oxygen atoms in total. The molecule has 0 bridgehead atoms. The van der Waals surface area contributed by atoms with Crippen molar-refractivity contribution < 1.29 is 0 Å². The summed E-state index contributed by atoms with van der Waals surface area (Å²) in [5.74, 6) is 0. The van der Waals surface area contributed by atoms with Gasteiger partial charge < -0.3 is 4.90 Å². The summed E-state index contributed by atoms with van der Waals surface area (Å²) in [6.07, 6.45) is 5.10. The van der Waals surface area contributed by atoms with Gasteiger partial charge in [-0.3, -0.25) is 0 Å². The Balaban J connectivity index is 2.23. The first-order valence-corrected chi connectivity index (χ1v) is 5.24. The van der Waals surface area contributed by atoms with Gasteiger partial charge in [0.25, 0.3) is 0 Å². The van der Waals surface area contributed by atoms with Crippen molar-refractivity contribution >= 4 is 5.52 Å². The summed E-state index contributed by atoms with van der Waals surface area (Å²) in [5, 5.41) is 4.31. The topological polar surface area (TPSA) is 20.5 Å². The van der Waals surface area contributed by atoms with Gasteiger partial charge in [0.2, 0.25) is 0 Å². The fourth-order valence-electron chi connectivity index (χ4n) is 1.66. The normalized spacial score (nSPS) is 11.5. The van der Waals surface area contributed by atoms with E-state index in [2.05, 4.69) is 49.3 Å². The smallest absolute Gasteiger partial charge is 0.0690 e. The molecule has 0 aromatic carbocycles. The number of rotatable bonds is 3. The van der Waals surface area contributed by atoms with Crippen LogP contribution in [0.3, 0.4) is 0 Å². The first-order chi connectivity index (χ1) is 7.16. The van der Waals surface area contributed by atoms with E-state index >= 15 is 0 Å². The van der Waals surface area contributed by atoms with E-state index in [1.54, 1.807) is 0 Å². The third-order valence-electron chi connectivity index (χ3n) is 2.62. The van der Waals surface area contributed by atoms with Gasteiger partial charge in [-0.05, 0) is 44.6 Å². The number of hydrogen-bond donors (Lipinski definition) is 0. The van der Waals surface area contributed by atoms with Crippen LogP contribution < -0.4 is 0 Å². The molecule has 0 fully saturated rings. The zero-order valence-corrected chi connectivity index (χ0v) is 9.57. The number of pyridine rings is 1. The number of hydrogen-bond acceptors (Lipinski definition) is 2. The van der Waals surface area contributed by atoms with Gasteiger partial charge in [0.1, 0.15) is 0 Å². The van der Waals surface area contributed by atoms with Crippen LogP contribution in [0, 0.1) is 6.92 Å². The van der Waals surface area contributed by atoms with Crippen molar-refractivity contribution in [2.45, 2.75) is 13.3 Å². The predicted molar refractivity (Wildman–Crippen MR) is 62.2 cm³/mol. The maximum atomic E-state index is 4.31. The minimum atomic E-state index is 1.07. The molecule has 0 N–H and O–H groups in total. The zero-order valence-electron chi connectivity index (χ0n) is 9.57. The molecule has 3 heteroatoms. The van der Waals surface area contributed by atoms with Crippen molar-refractivity contribution in [1.29, 1.82) is 0 Å². The summed E-state index contributed by atoms with van der Waals surface area (Å²) >= 11 is 0. The highest BCUT2D eigenvalue weighted by Crippen LogP contribution is 2.10. The van der Waals surface area contributed by atoms with Gasteiger partial charge in [-0.25, -0.2) is 4.52 Å². The minimum absolute atomic E-state index is 1.07. The molecule has 15 heavy (non-hydrogen) atoms. The Morgan fingerprint density at radius 3 is 2.87 bits per heavy atom. The van der Waals surface area contributed by atoms with Gasteiger partial charge in [0.05, 0.1) is 11.7 Å². The number of likely N-dealkylation sites (N-methyl/N-ethyl adjacent to an activating group) is 1. The molecule has 80 valence electrons. The molecular weight excluding hydrogens is 186 g/mol. The molecule has 0 unspecified atom stereocenters. The average molecular weight is 203 g/mol. The zero-order chi connectivity index (χ0) is 10.8. The van der Waals surface area contributed by atoms with E-state index < -0.39 is 0 Å². The predicted octanol–water partition coefficient (Wildman–Crippen LogP) is 1.75. The van der Waals surface area contributed by atoms with Crippen LogP contribution in [0.1, 0.15) is 11.1 Å². The lowest BCUT2D eigenvalue weighted by Crippen LogP contribution is -2.15. The lowest BCUT2D eigenvalue weighted by molar-refractivity contribution is 0.413. The Hall–Kier alpha value is -1.35. The molecule has 0 radical (unpaired) electrons. The Labute approximate surface area is 90.3 Å². The summed E-state index contributed by atoms with van der Waals surface area (Å²) in [4.78, 5) is 2.19. The third kappa shape index (κ3) is 2.18. The van der Waals surface area contributed by atoms with Gasteiger partial charge in [-0.2, -0.15) is 5.10 Å². The average Bonchev–Trinajstić information content (AvgIpc) is 2.57. The largest absolute Gasteiger partial charge is 0.309 e. The van der Waals surface area contributed by atoms with Gasteiger partial charge in [-0.15, -0.1) is 0 Å². The van der Waals surface area contributed by atoms with E-state index in [0.29, 0.717) is 0 Å². The fraction of sp³-hybridized carbons (Fsp3) is 0.417. The fourth-order valence-corrected chi connectivity index (χ4v) is 1.66. The van der Waals surface area contributed by atoms with Crippen LogP contribution in [0.25, 0.3) is 5.52 Å². The standard InChI is InChI=1S/C12H17N3/c1-10-8-13-15-9-11(4-5-12(10)15)6-7-14(2)3/h4-5,8-9H,6-7H2,1-3H3. The first-order valence-electron chi connectivity index (χ1n) is 5.24. The number of nitrogens with zero attached hydrogens (tertiary/aromatic N) is 3. The van der Waals surface area contributed by atoms with E-state index in [4.69, 9.17) is 0 Å². The van der Waals surface area contributed by atoms with Crippen LogP contribution >= 0.6 is 0 Å². The Kier molecular flexibility index (Phi) is 2.73. The van der Waals surface area contributed by atoms with Crippen LogP contribution in [-0.2, 0) is 6.42 Å². The molecule has 0 amide bonds. The second-order valence-corrected chi connectivity index (χ2v) is 4.25. The molecule has 0 aliphatic heterocycles. The summed E-state index contributed by atoms with van der Waals surface area (Å²) in [7, 11) is 4.19. The van der Waals surface area contributed by atoms with Crippen molar-refractivity contribution in [3.05, 3.63) is 35.7 Å². The maximum Gasteiger partial charge on any atom is 0.0690 e. The third-order valence-corrected chi connectivity index (χ3v) is 2.62. The number of fused-ring (bicyclic) bond motifs is 1. The Bertz CT molecular complexity index is 457. The van der Waals surface area contributed by atoms with E-state index in [-0.39, 0.29) is 0 Å². The van der Waals surface area contributed by atoms with E-state index in [1.165, 1.54) is 16.6 Å². The molecule has 2 rings (SSSR count). The number of aryl methyl sites for hydroxylation is 1. The molecule has 2 aromatic heterocycles. The van der Waals surface area contributed by atoms with Crippen molar-refractivity contribution in [3.8, 4) is 0 Å². The highest BCUT2D eigenvalue weighted by atomic mass is 15.2. The molecule has 0 aliphatic carbocycles. The van der Waals surface area contributed by atoms with Crippen LogP contribution in [-0.4, -0.2) is 35.2 Å². The number of aromatic nitrogens is 2. The first kappa shape index (κ1) is 10.2. The quantitative estimate of drug-likeness (QED) is 0.757. The maximum absolute atomic E-state index is 4.31. The van der Waals surface area contributed by atoms with Gasteiger partial charge in [0, 0.05) is 12.7 Å². The second kappa shape index (κ2) is 4.03. The molecule has 2 heterocycles. The molecule has 0 saturated heterocycles. The Morgan fingerprint density at radius 2 is 2.13 bits per heavy atom. The van der Waals surface area contributed by atoms with Crippen molar-refractivity contribution in [3.63, 3.8) is 0 Å². The highest BCUT2D eigenvalue weighted by Gasteiger charge is 2.00. The van der Waals surface area contributed by atoms with Crippen LogP contribution in [0.5, 0.6) is 0 Å². The summed E-state index contributed by atoms with van der Waals surface area (Å²) in [5.41, 5.74) is 3.76. The molecule has 0 saturated carbocycles. The lowest BCUT2D eigenvalue weighted by Gasteiger charge is -2.09. The highest BCUT2D eigenvalue weighted by molar-refractivity contribution is 5.53. The van der Waals surface area contributed by atoms with Gasteiger partial charge >= 0.3 is 0 Å². The molecule has 2 aromatic rings. The summed E-state index contributed by atoms with van der Waals surface area (Å²) in [6.45, 7) is 3.16. The van der Waals surface area contributed by atoms with Crippen molar-refractivity contribution in [1.82, 2.24) is 14.5 Å². The van der Waals surface area contributed by atoms with Crippen molar-refractivity contribution in [2.75, 3.05) is 20.6 Å². The van der Waals surface area contributed by atoms with Crippen LogP contribution in [0.15, 0.2) is 24.5 Å². The lowest BCUT2D eigenvalue weighted by atomic mass is 10.2. The van der Waals surface area contributed by atoms with E-state index in [1.807, 2.05) is 10.7 Å². The van der Waals surface area contributed by atoms with Gasteiger partial charge in [0.15, 0.2) is 0 Å². The van der Waals surface area contributed by atoms with Crippen molar-refractivity contribution in [2.24, 2.45) is 0 Å². The Morgan fingerprint density at radius 1 is 1.33 bits per heavy atom. The molecule has 0 aliphatic rings. The van der Waals surface area contributed by atoms with E-state index in [9.17, 15) is 0 Å². The van der Waals surface area contributed by atoms with Gasteiger partial charge in [-0.1, -0.05) is 6.07 Å². The second-order valence-electron chi connectivity index (χ2n) is 4.25. The SMILES string of the molecule is Cc1cnn2cc(CCN(C)C)ccc12. The molecule has 0 atom stereocenters. The summed E-state index contributed by atoms with van der Waals surface area (Å²) < 4.78 is 1.96. The molecule has 0 spiro atoms. The minimum Gasteiger partial charge on any atom is -0.309 e. The van der Waals surface area contributed by atoms with E-state index in [0.717, 1.165) is 13.0 Å². The van der Waals surface area contributed by atoms with Crippen LogP contribution in [0.2, 0.25) is 0 Å². The van der Waals surface area contributed by atoms with Crippen LogP contribution in [0.4, 0.5) is 0 Å². The summed E-state index contributed by atoms with van der Waals surface area (Å²) in [6, 6.07) is 4.33.